The number of hydrogen-bond donors (Lipinski definition) is 1. The van der Waals surface area contributed by atoms with Crippen molar-refractivity contribution in [3.63, 3.8) is 0 Å². The largest absolute Gasteiger partial charge is 0.396 e. The van der Waals surface area contributed by atoms with Crippen LogP contribution in [0.1, 0.15) is 24.8 Å². The van der Waals surface area contributed by atoms with Crippen molar-refractivity contribution in [1.82, 2.24) is 4.90 Å². The van der Waals surface area contributed by atoms with Crippen LogP contribution in [0.25, 0.3) is 0 Å². The fourth-order valence-electron chi connectivity index (χ4n) is 3.60. The van der Waals surface area contributed by atoms with E-state index in [1.807, 2.05) is 29.2 Å². The zero-order valence-corrected chi connectivity index (χ0v) is 13.4. The monoisotopic (exact) mass is 323 g/mol. The summed E-state index contributed by atoms with van der Waals surface area (Å²) < 4.78 is 5.49. The zero-order valence-electron chi connectivity index (χ0n) is 12.6. The second-order valence-corrected chi connectivity index (χ2v) is 6.73. The number of carbonyl (C=O) groups excluding carboxylic acids is 1. The Bertz CT molecular complexity index is 542. The molecule has 5 heteroatoms. The van der Waals surface area contributed by atoms with Gasteiger partial charge in [0.05, 0.1) is 5.41 Å². The third-order valence-electron chi connectivity index (χ3n) is 4.96. The third kappa shape index (κ3) is 2.87. The Labute approximate surface area is 136 Å². The Morgan fingerprint density at radius 3 is 2.82 bits per heavy atom. The Balaban J connectivity index is 1.91. The quantitative estimate of drug-likeness (QED) is 0.928. The molecule has 4 nitrogen and oxygen atoms in total. The van der Waals surface area contributed by atoms with Gasteiger partial charge in [-0.1, -0.05) is 23.7 Å². The topological polar surface area (TPSA) is 49.8 Å². The van der Waals surface area contributed by atoms with Crippen molar-refractivity contribution in [1.29, 1.82) is 0 Å². The number of aliphatic hydroxyl groups excluding tert-OH is 1. The highest BCUT2D eigenvalue weighted by Crippen LogP contribution is 2.38. The van der Waals surface area contributed by atoms with E-state index in [0.29, 0.717) is 37.6 Å². The lowest BCUT2D eigenvalue weighted by molar-refractivity contribution is -0.140. The molecule has 3 rings (SSSR count). The van der Waals surface area contributed by atoms with Crippen LogP contribution in [-0.2, 0) is 14.9 Å². The van der Waals surface area contributed by atoms with Gasteiger partial charge in [-0.15, -0.1) is 0 Å². The fraction of sp³-hybridized carbons (Fsp3) is 0.588. The number of hydrogen-bond acceptors (Lipinski definition) is 3. The molecule has 1 amide bonds. The first-order chi connectivity index (χ1) is 10.7. The Morgan fingerprint density at radius 1 is 1.41 bits per heavy atom. The molecule has 1 atom stereocenters. The highest BCUT2D eigenvalue weighted by molar-refractivity contribution is 6.30. The second kappa shape index (κ2) is 6.57. The molecule has 0 spiro atoms. The zero-order chi connectivity index (χ0) is 15.6. The van der Waals surface area contributed by atoms with Gasteiger partial charge in [0.15, 0.2) is 0 Å². The molecule has 1 N–H and O–H groups in total. The number of ether oxygens (including phenoxy) is 1. The minimum Gasteiger partial charge on any atom is -0.396 e. The summed E-state index contributed by atoms with van der Waals surface area (Å²) >= 11 is 6.15. The molecule has 2 heterocycles. The molecular formula is C17H22ClNO3. The first-order valence-corrected chi connectivity index (χ1v) is 8.27. The summed E-state index contributed by atoms with van der Waals surface area (Å²) in [6.07, 6.45) is 2.25. The van der Waals surface area contributed by atoms with Gasteiger partial charge < -0.3 is 14.7 Å². The minimum atomic E-state index is -0.534. The van der Waals surface area contributed by atoms with E-state index in [2.05, 4.69) is 0 Å². The van der Waals surface area contributed by atoms with E-state index in [0.717, 1.165) is 18.5 Å². The Kier molecular flexibility index (Phi) is 4.71. The summed E-state index contributed by atoms with van der Waals surface area (Å²) in [6, 6.07) is 7.64. The summed E-state index contributed by atoms with van der Waals surface area (Å²) in [5.74, 6) is 0.370. The van der Waals surface area contributed by atoms with Gasteiger partial charge in [-0.05, 0) is 37.0 Å². The predicted molar refractivity (Wildman–Crippen MR) is 85.0 cm³/mol. The molecule has 0 bridgehead atoms. The van der Waals surface area contributed by atoms with Crippen LogP contribution in [-0.4, -0.2) is 48.8 Å². The van der Waals surface area contributed by atoms with Gasteiger partial charge >= 0.3 is 0 Å². The molecule has 120 valence electrons. The summed E-state index contributed by atoms with van der Waals surface area (Å²) in [5.41, 5.74) is 0.453. The molecule has 0 aliphatic carbocycles. The number of nitrogens with zero attached hydrogens (tertiary/aromatic N) is 1. The third-order valence-corrected chi connectivity index (χ3v) is 5.20. The Morgan fingerprint density at radius 2 is 2.18 bits per heavy atom. The van der Waals surface area contributed by atoms with Crippen LogP contribution in [0.3, 0.4) is 0 Å². The van der Waals surface area contributed by atoms with Gasteiger partial charge in [-0.25, -0.2) is 0 Å². The van der Waals surface area contributed by atoms with Gasteiger partial charge in [0.1, 0.15) is 0 Å². The van der Waals surface area contributed by atoms with Crippen molar-refractivity contribution < 1.29 is 14.6 Å². The predicted octanol–water partition coefficient (Wildman–Crippen LogP) is 2.23. The average molecular weight is 324 g/mol. The van der Waals surface area contributed by atoms with Crippen LogP contribution >= 0.6 is 11.6 Å². The molecular weight excluding hydrogens is 302 g/mol. The number of benzene rings is 1. The number of aliphatic hydroxyl groups is 1. The molecule has 1 unspecified atom stereocenters. The normalized spacial score (nSPS) is 24.5. The number of amides is 1. The smallest absolute Gasteiger partial charge is 0.233 e. The van der Waals surface area contributed by atoms with Crippen LogP contribution in [0, 0.1) is 5.92 Å². The van der Waals surface area contributed by atoms with E-state index in [1.54, 1.807) is 0 Å². The first-order valence-electron chi connectivity index (χ1n) is 7.90. The molecule has 0 radical (unpaired) electrons. The SMILES string of the molecule is O=C(N1CCC(CO)C1)C1(c2cccc(Cl)c2)CCOCC1. The van der Waals surface area contributed by atoms with E-state index >= 15 is 0 Å². The number of rotatable bonds is 3. The van der Waals surface area contributed by atoms with Gasteiger partial charge in [0, 0.05) is 43.9 Å². The summed E-state index contributed by atoms with van der Waals surface area (Å²) in [7, 11) is 0. The standard InChI is InChI=1S/C17H22ClNO3/c18-15-3-1-2-14(10-15)17(5-8-22-9-6-17)16(21)19-7-4-13(11-19)12-20/h1-3,10,13,20H,4-9,11-12H2. The molecule has 2 fully saturated rings. The molecule has 1 aromatic rings. The van der Waals surface area contributed by atoms with E-state index in [-0.39, 0.29) is 18.4 Å². The minimum absolute atomic E-state index is 0.150. The average Bonchev–Trinajstić information content (AvgIpc) is 3.04. The number of likely N-dealkylation sites (tertiary alicyclic amines) is 1. The molecule has 0 aromatic heterocycles. The molecule has 2 aliphatic heterocycles. The maximum atomic E-state index is 13.2. The lowest BCUT2D eigenvalue weighted by Gasteiger charge is -2.39. The van der Waals surface area contributed by atoms with Crippen molar-refractivity contribution in [2.75, 3.05) is 32.9 Å². The fourth-order valence-corrected chi connectivity index (χ4v) is 3.79. The van der Waals surface area contributed by atoms with Crippen molar-refractivity contribution in [3.8, 4) is 0 Å². The van der Waals surface area contributed by atoms with Crippen LogP contribution in [0.2, 0.25) is 5.02 Å². The van der Waals surface area contributed by atoms with Gasteiger partial charge in [-0.3, -0.25) is 4.79 Å². The van der Waals surface area contributed by atoms with Crippen LogP contribution in [0.15, 0.2) is 24.3 Å². The maximum absolute atomic E-state index is 13.2. The van der Waals surface area contributed by atoms with Crippen LogP contribution in [0.4, 0.5) is 0 Å². The molecule has 0 saturated carbocycles. The first kappa shape index (κ1) is 15.8. The summed E-state index contributed by atoms with van der Waals surface area (Å²) in [4.78, 5) is 15.2. The highest BCUT2D eigenvalue weighted by atomic mass is 35.5. The molecule has 22 heavy (non-hydrogen) atoms. The van der Waals surface area contributed by atoms with Gasteiger partial charge in [0.25, 0.3) is 0 Å². The summed E-state index contributed by atoms with van der Waals surface area (Å²) in [5, 5.41) is 9.98. The van der Waals surface area contributed by atoms with E-state index in [9.17, 15) is 9.90 Å². The highest BCUT2D eigenvalue weighted by Gasteiger charge is 2.45. The summed E-state index contributed by atoms with van der Waals surface area (Å²) in [6.45, 7) is 2.72. The van der Waals surface area contributed by atoms with E-state index in [1.165, 1.54) is 0 Å². The van der Waals surface area contributed by atoms with Crippen LogP contribution in [0.5, 0.6) is 0 Å². The lowest BCUT2D eigenvalue weighted by Crippen LogP contribution is -2.49. The van der Waals surface area contributed by atoms with Gasteiger partial charge in [-0.2, -0.15) is 0 Å². The van der Waals surface area contributed by atoms with Crippen LogP contribution < -0.4 is 0 Å². The molecule has 2 aliphatic rings. The van der Waals surface area contributed by atoms with Crippen molar-refractivity contribution in [3.05, 3.63) is 34.9 Å². The second-order valence-electron chi connectivity index (χ2n) is 6.29. The Hall–Kier alpha value is -1.10. The molecule has 2 saturated heterocycles. The lowest BCUT2D eigenvalue weighted by atomic mass is 9.73. The van der Waals surface area contributed by atoms with Gasteiger partial charge in [0.2, 0.25) is 5.91 Å². The maximum Gasteiger partial charge on any atom is 0.233 e. The van der Waals surface area contributed by atoms with E-state index < -0.39 is 5.41 Å². The number of halogens is 1. The van der Waals surface area contributed by atoms with E-state index in [4.69, 9.17) is 16.3 Å². The molecule has 1 aromatic carbocycles. The number of carbonyl (C=O) groups is 1. The van der Waals surface area contributed by atoms with Crippen molar-refractivity contribution >= 4 is 17.5 Å². The van der Waals surface area contributed by atoms with Crippen molar-refractivity contribution in [2.24, 2.45) is 5.92 Å². The van der Waals surface area contributed by atoms with Crippen molar-refractivity contribution in [2.45, 2.75) is 24.7 Å².